The van der Waals surface area contributed by atoms with Crippen LogP contribution in [0.3, 0.4) is 0 Å². The van der Waals surface area contributed by atoms with E-state index in [4.69, 9.17) is 9.47 Å². The molecule has 33 heavy (non-hydrogen) atoms. The van der Waals surface area contributed by atoms with Crippen LogP contribution in [0.2, 0.25) is 0 Å². The Morgan fingerprint density at radius 2 is 2.03 bits per heavy atom. The molecule has 0 aliphatic carbocycles. The zero-order chi connectivity index (χ0) is 23.5. The molecular formula is C22H27N5O6. The Bertz CT molecular complexity index is 1330. The Balaban J connectivity index is 1.45. The molecule has 0 radical (unpaired) electrons. The average Bonchev–Trinajstić information content (AvgIpc) is 3.35. The van der Waals surface area contributed by atoms with Crippen molar-refractivity contribution in [1.29, 1.82) is 0 Å². The molecular weight excluding hydrogens is 430 g/mol. The number of hydrogen-bond donors (Lipinski definition) is 2. The van der Waals surface area contributed by atoms with E-state index in [-0.39, 0.29) is 29.8 Å². The average molecular weight is 457 g/mol. The molecule has 11 heteroatoms. The van der Waals surface area contributed by atoms with Crippen molar-refractivity contribution < 1.29 is 19.7 Å². The predicted molar refractivity (Wildman–Crippen MR) is 117 cm³/mol. The van der Waals surface area contributed by atoms with E-state index >= 15 is 0 Å². The van der Waals surface area contributed by atoms with Gasteiger partial charge < -0.3 is 19.7 Å². The Hall–Kier alpha value is -2.86. The van der Waals surface area contributed by atoms with Crippen molar-refractivity contribution in [2.24, 2.45) is 0 Å². The van der Waals surface area contributed by atoms with Crippen LogP contribution in [-0.2, 0) is 34.5 Å². The second-order valence-corrected chi connectivity index (χ2v) is 9.35. The van der Waals surface area contributed by atoms with Gasteiger partial charge in [-0.1, -0.05) is 31.2 Å². The van der Waals surface area contributed by atoms with Gasteiger partial charge in [0.25, 0.3) is 5.56 Å². The minimum Gasteiger partial charge on any atom is -0.387 e. The fourth-order valence-electron chi connectivity index (χ4n) is 4.81. The van der Waals surface area contributed by atoms with Gasteiger partial charge in [-0.15, -0.1) is 5.10 Å². The van der Waals surface area contributed by atoms with Gasteiger partial charge in [-0.05, 0) is 23.5 Å². The Kier molecular flexibility index (Phi) is 5.24. The van der Waals surface area contributed by atoms with Crippen LogP contribution in [0, 0.1) is 0 Å². The van der Waals surface area contributed by atoms with Crippen molar-refractivity contribution in [3.8, 4) is 0 Å². The van der Waals surface area contributed by atoms with Crippen molar-refractivity contribution in [1.82, 2.24) is 24.1 Å². The molecule has 176 valence electrons. The number of nitrogens with zero attached hydrogens (tertiary/aromatic N) is 5. The number of aliphatic hydroxyl groups excluding tert-OH is 2. The van der Waals surface area contributed by atoms with Crippen LogP contribution in [0.5, 0.6) is 0 Å². The van der Waals surface area contributed by atoms with Gasteiger partial charge in [0, 0.05) is 13.7 Å². The second kappa shape index (κ2) is 7.87. The van der Waals surface area contributed by atoms with Crippen LogP contribution in [0.15, 0.2) is 34.0 Å². The Morgan fingerprint density at radius 3 is 2.76 bits per heavy atom. The highest BCUT2D eigenvalue weighted by Crippen LogP contribution is 2.35. The summed E-state index contributed by atoms with van der Waals surface area (Å²) < 4.78 is 14.8. The summed E-state index contributed by atoms with van der Waals surface area (Å²) in [6.45, 7) is 4.88. The molecule has 1 aromatic carbocycles. The highest BCUT2D eigenvalue weighted by Gasteiger charge is 2.43. The molecule has 11 nitrogen and oxygen atoms in total. The predicted octanol–water partition coefficient (Wildman–Crippen LogP) is -0.423. The molecule has 0 saturated carbocycles. The molecule has 2 aliphatic heterocycles. The molecule has 2 aliphatic rings. The SMILES string of the molecule is CO[C@@H]1O[C@H](Cn2cc(Cn3c(=O)c4cccc5c4n(c3=O)CCC5(C)C)nn2)[C@@H](O)[C@H]1O. The van der Waals surface area contributed by atoms with E-state index in [0.717, 1.165) is 12.0 Å². The molecule has 3 aromatic rings. The lowest BCUT2D eigenvalue weighted by Crippen LogP contribution is -2.43. The monoisotopic (exact) mass is 457 g/mol. The number of aliphatic hydroxyl groups is 2. The molecule has 0 unspecified atom stereocenters. The van der Waals surface area contributed by atoms with Crippen LogP contribution in [0.1, 0.15) is 31.5 Å². The number of benzene rings is 1. The highest BCUT2D eigenvalue weighted by molar-refractivity contribution is 5.83. The van der Waals surface area contributed by atoms with Crippen LogP contribution in [0.4, 0.5) is 0 Å². The molecule has 4 atom stereocenters. The van der Waals surface area contributed by atoms with E-state index in [9.17, 15) is 19.8 Å². The normalized spacial score (nSPS) is 26.2. The first-order chi connectivity index (χ1) is 15.7. The molecule has 0 spiro atoms. The molecule has 2 aromatic heterocycles. The first-order valence-electron chi connectivity index (χ1n) is 10.9. The lowest BCUT2D eigenvalue weighted by atomic mass is 9.78. The summed E-state index contributed by atoms with van der Waals surface area (Å²) in [5.41, 5.74) is 1.29. The first-order valence-corrected chi connectivity index (χ1v) is 10.9. The standard InChI is InChI=1S/C22H27N5O6/c1-22(2)7-8-26-16-13(5-4-6-14(16)22)19(30)27(21(26)31)10-12-9-25(24-23-12)11-15-17(28)18(29)20(32-3)33-15/h4-6,9,15,17-18,20,28-29H,7-8,10-11H2,1-3H3/t15-,17-,18-,20-/m1/s1. The quantitative estimate of drug-likeness (QED) is 0.528. The third-order valence-corrected chi connectivity index (χ3v) is 6.76. The molecule has 5 rings (SSSR count). The summed E-state index contributed by atoms with van der Waals surface area (Å²) in [6.07, 6.45) is -1.57. The van der Waals surface area contributed by atoms with Gasteiger partial charge in [0.05, 0.1) is 30.2 Å². The molecule has 1 fully saturated rings. The van der Waals surface area contributed by atoms with Crippen LogP contribution in [0.25, 0.3) is 10.9 Å². The smallest absolute Gasteiger partial charge is 0.331 e. The molecule has 0 bridgehead atoms. The summed E-state index contributed by atoms with van der Waals surface area (Å²) >= 11 is 0. The Morgan fingerprint density at radius 1 is 1.24 bits per heavy atom. The van der Waals surface area contributed by atoms with Gasteiger partial charge in [0.15, 0.2) is 6.29 Å². The van der Waals surface area contributed by atoms with Gasteiger partial charge >= 0.3 is 5.69 Å². The lowest BCUT2D eigenvalue weighted by Gasteiger charge is -2.33. The summed E-state index contributed by atoms with van der Waals surface area (Å²) in [5, 5.41) is 28.7. The van der Waals surface area contributed by atoms with Crippen molar-refractivity contribution in [3.05, 3.63) is 56.5 Å². The zero-order valence-corrected chi connectivity index (χ0v) is 18.7. The fourth-order valence-corrected chi connectivity index (χ4v) is 4.81. The van der Waals surface area contributed by atoms with Gasteiger partial charge in [-0.3, -0.25) is 13.9 Å². The van der Waals surface area contributed by atoms with E-state index in [1.807, 2.05) is 12.1 Å². The van der Waals surface area contributed by atoms with Crippen molar-refractivity contribution in [2.75, 3.05) is 7.11 Å². The van der Waals surface area contributed by atoms with Crippen LogP contribution in [-0.4, -0.2) is 66.1 Å². The van der Waals surface area contributed by atoms with E-state index in [0.29, 0.717) is 23.1 Å². The summed E-state index contributed by atoms with van der Waals surface area (Å²) in [5.74, 6) is 0. The van der Waals surface area contributed by atoms with Crippen molar-refractivity contribution in [3.63, 3.8) is 0 Å². The maximum Gasteiger partial charge on any atom is 0.331 e. The van der Waals surface area contributed by atoms with Gasteiger partial charge in [0.2, 0.25) is 0 Å². The molecule has 1 saturated heterocycles. The zero-order valence-electron chi connectivity index (χ0n) is 18.7. The maximum absolute atomic E-state index is 13.2. The van der Waals surface area contributed by atoms with Crippen LogP contribution < -0.4 is 11.2 Å². The molecule has 4 heterocycles. The minimum absolute atomic E-state index is 0.0291. The largest absolute Gasteiger partial charge is 0.387 e. The topological polar surface area (TPSA) is 134 Å². The van der Waals surface area contributed by atoms with E-state index < -0.39 is 24.6 Å². The van der Waals surface area contributed by atoms with E-state index in [1.54, 1.807) is 16.8 Å². The highest BCUT2D eigenvalue weighted by atomic mass is 16.7. The first kappa shape index (κ1) is 22.0. The number of ether oxygens (including phenoxy) is 2. The molecule has 2 N–H and O–H groups in total. The fraction of sp³-hybridized carbons (Fsp3) is 0.545. The van der Waals surface area contributed by atoms with Crippen LogP contribution >= 0.6 is 0 Å². The lowest BCUT2D eigenvalue weighted by molar-refractivity contribution is -0.150. The number of rotatable bonds is 5. The number of methoxy groups -OCH3 is 1. The summed E-state index contributed by atoms with van der Waals surface area (Å²) in [7, 11) is 1.38. The van der Waals surface area contributed by atoms with Gasteiger partial charge in [-0.2, -0.15) is 0 Å². The number of hydrogen-bond acceptors (Lipinski definition) is 8. The van der Waals surface area contributed by atoms with Crippen molar-refractivity contribution in [2.45, 2.75) is 69.9 Å². The second-order valence-electron chi connectivity index (χ2n) is 9.35. The Labute approximate surface area is 188 Å². The van der Waals surface area contributed by atoms with E-state index in [1.165, 1.54) is 16.4 Å². The van der Waals surface area contributed by atoms with Crippen molar-refractivity contribution >= 4 is 10.9 Å². The third-order valence-electron chi connectivity index (χ3n) is 6.76. The van der Waals surface area contributed by atoms with E-state index in [2.05, 4.69) is 24.2 Å². The number of para-hydroxylation sites is 1. The van der Waals surface area contributed by atoms with Gasteiger partial charge in [0.1, 0.15) is 24.0 Å². The summed E-state index contributed by atoms with van der Waals surface area (Å²) in [4.78, 5) is 26.5. The van der Waals surface area contributed by atoms with Gasteiger partial charge in [-0.25, -0.2) is 9.48 Å². The summed E-state index contributed by atoms with van der Waals surface area (Å²) in [6, 6.07) is 5.59. The molecule has 0 amide bonds. The third kappa shape index (κ3) is 3.52. The minimum atomic E-state index is -1.16. The maximum atomic E-state index is 13.2. The number of aryl methyl sites for hydroxylation is 1. The number of aromatic nitrogens is 5.